The van der Waals surface area contributed by atoms with Crippen molar-refractivity contribution in [3.63, 3.8) is 0 Å². The Balaban J connectivity index is 1.83. The van der Waals surface area contributed by atoms with Crippen LogP contribution < -0.4 is 5.32 Å². The number of aryl methyl sites for hydroxylation is 1. The van der Waals surface area contributed by atoms with Gasteiger partial charge in [-0.1, -0.05) is 50.2 Å². The van der Waals surface area contributed by atoms with Crippen LogP contribution in [0.4, 0.5) is 5.69 Å². The molecule has 1 aliphatic heterocycles. The molecule has 1 heterocycles. The zero-order chi connectivity index (χ0) is 17.2. The van der Waals surface area contributed by atoms with Crippen molar-refractivity contribution >= 4 is 33.9 Å². The number of anilines is 1. The van der Waals surface area contributed by atoms with Crippen LogP contribution in [0.1, 0.15) is 31.4 Å². The second-order valence-electron chi connectivity index (χ2n) is 6.50. The van der Waals surface area contributed by atoms with E-state index in [-0.39, 0.29) is 0 Å². The van der Waals surface area contributed by atoms with Gasteiger partial charge in [-0.3, -0.25) is 0 Å². The first-order valence-corrected chi connectivity index (χ1v) is 10.0. The molecule has 0 unspecified atom stereocenters. The number of rotatable bonds is 4. The lowest BCUT2D eigenvalue weighted by Crippen LogP contribution is -2.09. The van der Waals surface area contributed by atoms with E-state index in [0.717, 1.165) is 24.3 Å². The van der Waals surface area contributed by atoms with Gasteiger partial charge >= 0.3 is 0 Å². The summed E-state index contributed by atoms with van der Waals surface area (Å²) in [5.41, 5.74) is 6.69. The molecule has 0 saturated heterocycles. The SMILES string of the molecule is CCC1=C(Nc2ccccc2)c2cc3ccc(CC)cc3cc2SC1. The van der Waals surface area contributed by atoms with Gasteiger partial charge in [-0.15, -0.1) is 11.8 Å². The largest absolute Gasteiger partial charge is 0.355 e. The highest BCUT2D eigenvalue weighted by Gasteiger charge is 2.19. The average molecular weight is 346 g/mol. The van der Waals surface area contributed by atoms with Gasteiger partial charge in [0.05, 0.1) is 0 Å². The fraction of sp³-hybridized carbons (Fsp3) is 0.217. The third-order valence-corrected chi connectivity index (χ3v) is 6.05. The maximum Gasteiger partial charge on any atom is 0.0469 e. The first kappa shape index (κ1) is 16.3. The van der Waals surface area contributed by atoms with Gasteiger partial charge in [0.1, 0.15) is 0 Å². The maximum absolute atomic E-state index is 3.69. The Hall–Kier alpha value is -2.19. The molecule has 0 bridgehead atoms. The highest BCUT2D eigenvalue weighted by molar-refractivity contribution is 7.99. The molecule has 0 radical (unpaired) electrons. The first-order chi connectivity index (χ1) is 12.3. The number of hydrogen-bond donors (Lipinski definition) is 1. The van der Waals surface area contributed by atoms with E-state index in [1.807, 2.05) is 11.8 Å². The standard InChI is InChI=1S/C23H23NS/c1-3-16-10-11-18-13-21-22(14-19(18)12-16)25-15-17(4-2)23(21)24-20-8-6-5-7-9-20/h5-14,24H,3-4,15H2,1-2H3. The Morgan fingerprint density at radius 2 is 1.72 bits per heavy atom. The summed E-state index contributed by atoms with van der Waals surface area (Å²) in [4.78, 5) is 1.39. The summed E-state index contributed by atoms with van der Waals surface area (Å²) in [5.74, 6) is 1.07. The van der Waals surface area contributed by atoms with Crippen LogP contribution in [0.15, 0.2) is 71.1 Å². The van der Waals surface area contributed by atoms with Crippen LogP contribution in [0, 0.1) is 0 Å². The lowest BCUT2D eigenvalue weighted by molar-refractivity contribution is 1.09. The predicted octanol–water partition coefficient (Wildman–Crippen LogP) is 6.74. The molecule has 3 aromatic carbocycles. The van der Waals surface area contributed by atoms with Gasteiger partial charge < -0.3 is 5.32 Å². The fourth-order valence-corrected chi connectivity index (χ4v) is 4.59. The average Bonchev–Trinajstić information content (AvgIpc) is 2.67. The van der Waals surface area contributed by atoms with Crippen LogP contribution >= 0.6 is 11.8 Å². The van der Waals surface area contributed by atoms with E-state index in [4.69, 9.17) is 0 Å². The Kier molecular flexibility index (Phi) is 4.54. The topological polar surface area (TPSA) is 12.0 Å². The van der Waals surface area contributed by atoms with Crippen LogP contribution in [0.2, 0.25) is 0 Å². The molecule has 25 heavy (non-hydrogen) atoms. The van der Waals surface area contributed by atoms with E-state index < -0.39 is 0 Å². The van der Waals surface area contributed by atoms with Crippen molar-refractivity contribution in [1.82, 2.24) is 0 Å². The maximum atomic E-state index is 3.69. The van der Waals surface area contributed by atoms with Crippen molar-refractivity contribution in [2.24, 2.45) is 0 Å². The molecule has 126 valence electrons. The number of fused-ring (bicyclic) bond motifs is 2. The summed E-state index contributed by atoms with van der Waals surface area (Å²) < 4.78 is 0. The summed E-state index contributed by atoms with van der Waals surface area (Å²) in [6.07, 6.45) is 2.16. The second kappa shape index (κ2) is 6.97. The molecule has 1 nitrogen and oxygen atoms in total. The minimum absolute atomic E-state index is 1.07. The third-order valence-electron chi connectivity index (χ3n) is 4.91. The van der Waals surface area contributed by atoms with Crippen molar-refractivity contribution in [3.05, 3.63) is 77.4 Å². The van der Waals surface area contributed by atoms with E-state index in [0.29, 0.717) is 0 Å². The van der Waals surface area contributed by atoms with Gasteiger partial charge in [-0.05, 0) is 59.0 Å². The van der Waals surface area contributed by atoms with Crippen molar-refractivity contribution < 1.29 is 0 Å². The number of thioether (sulfide) groups is 1. The number of hydrogen-bond acceptors (Lipinski definition) is 2. The molecule has 0 amide bonds. The molecule has 0 aromatic heterocycles. The molecule has 0 saturated carbocycles. The van der Waals surface area contributed by atoms with E-state index in [2.05, 4.69) is 79.8 Å². The summed E-state index contributed by atoms with van der Waals surface area (Å²) in [6.45, 7) is 4.47. The Labute approximate surface area is 154 Å². The quantitative estimate of drug-likeness (QED) is 0.562. The first-order valence-electron chi connectivity index (χ1n) is 9.02. The highest BCUT2D eigenvalue weighted by atomic mass is 32.2. The fourth-order valence-electron chi connectivity index (χ4n) is 3.39. The molecule has 2 heteroatoms. The van der Waals surface area contributed by atoms with Gasteiger partial charge in [0.2, 0.25) is 0 Å². The molecule has 3 aromatic rings. The van der Waals surface area contributed by atoms with Crippen molar-refractivity contribution in [2.75, 3.05) is 11.1 Å². The molecular formula is C23H23NS. The summed E-state index contributed by atoms with van der Waals surface area (Å²) in [6, 6.07) is 22.1. The smallest absolute Gasteiger partial charge is 0.0469 e. The van der Waals surface area contributed by atoms with Crippen molar-refractivity contribution in [3.8, 4) is 0 Å². The Morgan fingerprint density at radius 3 is 2.48 bits per heavy atom. The highest BCUT2D eigenvalue weighted by Crippen LogP contribution is 2.40. The third kappa shape index (κ3) is 3.19. The normalized spacial score (nSPS) is 13.8. The second-order valence-corrected chi connectivity index (χ2v) is 7.51. The molecule has 4 rings (SSSR count). The molecule has 0 aliphatic carbocycles. The van der Waals surface area contributed by atoms with Gasteiger partial charge in [-0.2, -0.15) is 0 Å². The van der Waals surface area contributed by atoms with Crippen LogP contribution in [0.3, 0.4) is 0 Å². The minimum atomic E-state index is 1.07. The van der Waals surface area contributed by atoms with Crippen LogP contribution in [0.25, 0.3) is 16.5 Å². The van der Waals surface area contributed by atoms with E-state index >= 15 is 0 Å². The Morgan fingerprint density at radius 1 is 0.880 bits per heavy atom. The summed E-state index contributed by atoms with van der Waals surface area (Å²) >= 11 is 1.97. The van der Waals surface area contributed by atoms with Crippen molar-refractivity contribution in [2.45, 2.75) is 31.6 Å². The monoisotopic (exact) mass is 345 g/mol. The molecular weight excluding hydrogens is 322 g/mol. The number of para-hydroxylation sites is 1. The number of nitrogens with one attached hydrogen (secondary N) is 1. The molecule has 0 atom stereocenters. The Bertz CT molecular complexity index is 941. The van der Waals surface area contributed by atoms with Crippen LogP contribution in [-0.2, 0) is 6.42 Å². The molecule has 0 fully saturated rings. The van der Waals surface area contributed by atoms with Crippen LogP contribution in [-0.4, -0.2) is 5.75 Å². The van der Waals surface area contributed by atoms with Crippen molar-refractivity contribution in [1.29, 1.82) is 0 Å². The van der Waals surface area contributed by atoms with E-state index in [1.54, 1.807) is 0 Å². The lowest BCUT2D eigenvalue weighted by Gasteiger charge is -2.24. The van der Waals surface area contributed by atoms with Gasteiger partial charge in [0.15, 0.2) is 0 Å². The molecule has 1 aliphatic rings. The van der Waals surface area contributed by atoms with Gasteiger partial charge in [0, 0.05) is 27.6 Å². The zero-order valence-corrected chi connectivity index (χ0v) is 15.6. The van der Waals surface area contributed by atoms with Gasteiger partial charge in [-0.25, -0.2) is 0 Å². The van der Waals surface area contributed by atoms with Crippen LogP contribution in [0.5, 0.6) is 0 Å². The molecule has 1 N–H and O–H groups in total. The predicted molar refractivity (Wildman–Crippen MR) is 111 cm³/mol. The lowest BCUT2D eigenvalue weighted by atomic mass is 9.99. The van der Waals surface area contributed by atoms with Gasteiger partial charge in [0.25, 0.3) is 0 Å². The zero-order valence-electron chi connectivity index (χ0n) is 14.8. The minimum Gasteiger partial charge on any atom is -0.355 e. The van der Waals surface area contributed by atoms with E-state index in [9.17, 15) is 0 Å². The molecule has 0 spiro atoms. The number of benzene rings is 3. The summed E-state index contributed by atoms with van der Waals surface area (Å²) in [7, 11) is 0. The van der Waals surface area contributed by atoms with E-state index in [1.165, 1.54) is 38.1 Å². The summed E-state index contributed by atoms with van der Waals surface area (Å²) in [5, 5.41) is 6.36.